The lowest BCUT2D eigenvalue weighted by molar-refractivity contribution is -0.199. The molecule has 1 aromatic carbocycles. The van der Waals surface area contributed by atoms with E-state index in [0.29, 0.717) is 24.1 Å². The molecule has 212 valence electrons. The van der Waals surface area contributed by atoms with Crippen molar-refractivity contribution < 1.29 is 14.2 Å². The Morgan fingerprint density at radius 3 is 2.77 bits per heavy atom. The highest BCUT2D eigenvalue weighted by molar-refractivity contribution is 7.15. The van der Waals surface area contributed by atoms with Gasteiger partial charge in [0, 0.05) is 29.8 Å². The predicted molar refractivity (Wildman–Crippen MR) is 160 cm³/mol. The van der Waals surface area contributed by atoms with Gasteiger partial charge in [0.1, 0.15) is 12.2 Å². The number of aryl methyl sites for hydroxylation is 1. The molecule has 2 aliphatic rings. The number of thiazole rings is 1. The maximum absolute atomic E-state index is 6.21. The minimum atomic E-state index is -0.600. The van der Waals surface area contributed by atoms with Crippen molar-refractivity contribution in [1.82, 2.24) is 14.9 Å². The number of hydrogen-bond donors (Lipinski definition) is 1. The van der Waals surface area contributed by atoms with Gasteiger partial charge in [-0.3, -0.25) is 0 Å². The molecule has 2 aromatic heterocycles. The van der Waals surface area contributed by atoms with Crippen LogP contribution in [0.3, 0.4) is 0 Å². The van der Waals surface area contributed by atoms with Gasteiger partial charge in [0.05, 0.1) is 15.6 Å². The summed E-state index contributed by atoms with van der Waals surface area (Å²) in [6.07, 6.45) is 7.08. The number of piperidine rings is 1. The normalized spacial score (nSPS) is 18.8. The van der Waals surface area contributed by atoms with E-state index in [1.807, 2.05) is 50.4 Å². The average Bonchev–Trinajstić information content (AvgIpc) is 3.34. The monoisotopic (exact) mass is 560 g/mol. The molecule has 0 spiro atoms. The van der Waals surface area contributed by atoms with E-state index in [0.717, 1.165) is 79.1 Å². The summed E-state index contributed by atoms with van der Waals surface area (Å²) in [6.45, 7) is 9.39. The smallest absolute Gasteiger partial charge is 0.166 e. The van der Waals surface area contributed by atoms with Gasteiger partial charge in [-0.05, 0) is 96.8 Å². The molecule has 0 radical (unpaired) electrons. The zero-order chi connectivity index (χ0) is 28.1. The van der Waals surface area contributed by atoms with Crippen molar-refractivity contribution in [3.63, 3.8) is 0 Å². The van der Waals surface area contributed by atoms with Gasteiger partial charge in [-0.15, -0.1) is 11.3 Å². The fraction of sp³-hybridized carbons (Fsp3) is 0.500. The molecule has 2 N–H and O–H groups in total. The molecule has 0 aliphatic carbocycles. The third-order valence-electron chi connectivity index (χ3n) is 7.42. The van der Waals surface area contributed by atoms with Gasteiger partial charge >= 0.3 is 0 Å². The quantitative estimate of drug-likeness (QED) is 0.347. The molecule has 0 amide bonds. The third kappa shape index (κ3) is 7.41. The topological polar surface area (TPSA) is 82.7 Å². The van der Waals surface area contributed by atoms with Crippen LogP contribution in [0.1, 0.15) is 73.7 Å². The minimum Gasteiger partial charge on any atom is -0.485 e. The number of anilines is 1. The van der Waals surface area contributed by atoms with E-state index in [2.05, 4.69) is 35.7 Å². The van der Waals surface area contributed by atoms with Crippen LogP contribution >= 0.6 is 11.3 Å². The first-order valence-corrected chi connectivity index (χ1v) is 15.0. The highest BCUT2D eigenvalue weighted by atomic mass is 32.1. The molecule has 4 heterocycles. The van der Waals surface area contributed by atoms with E-state index in [-0.39, 0.29) is 6.29 Å². The van der Waals surface area contributed by atoms with Crippen LogP contribution in [0, 0.1) is 18.8 Å². The SMILES string of the molecule is Cc1nc(C2CCN(C)CC2)sc1-c1cnc(N)c(OCc2cccc(C#CC(C)(C)OC3CCCCO3)c2)c1. The number of hydrogen-bond acceptors (Lipinski definition) is 8. The van der Waals surface area contributed by atoms with Gasteiger partial charge in [-0.2, -0.15) is 0 Å². The van der Waals surface area contributed by atoms with Crippen LogP contribution < -0.4 is 10.5 Å². The van der Waals surface area contributed by atoms with Gasteiger partial charge < -0.3 is 24.8 Å². The van der Waals surface area contributed by atoms with E-state index in [9.17, 15) is 0 Å². The predicted octanol–water partition coefficient (Wildman–Crippen LogP) is 6.16. The number of ether oxygens (including phenoxy) is 3. The van der Waals surface area contributed by atoms with Crippen molar-refractivity contribution in [2.24, 2.45) is 0 Å². The summed E-state index contributed by atoms with van der Waals surface area (Å²) in [7, 11) is 2.18. The summed E-state index contributed by atoms with van der Waals surface area (Å²) in [4.78, 5) is 12.9. The summed E-state index contributed by atoms with van der Waals surface area (Å²) in [6, 6.07) is 10.0. The van der Waals surface area contributed by atoms with Gasteiger partial charge in [0.2, 0.25) is 0 Å². The van der Waals surface area contributed by atoms with E-state index in [4.69, 9.17) is 24.9 Å². The largest absolute Gasteiger partial charge is 0.485 e. The van der Waals surface area contributed by atoms with Gasteiger partial charge in [0.25, 0.3) is 0 Å². The minimum absolute atomic E-state index is 0.178. The zero-order valence-corrected chi connectivity index (χ0v) is 24.9. The molecule has 2 fully saturated rings. The van der Waals surface area contributed by atoms with E-state index >= 15 is 0 Å². The maximum Gasteiger partial charge on any atom is 0.166 e. The second kappa shape index (κ2) is 12.7. The van der Waals surface area contributed by atoms with Crippen LogP contribution in [0.5, 0.6) is 5.75 Å². The summed E-state index contributed by atoms with van der Waals surface area (Å²) in [5.74, 6) is 8.00. The van der Waals surface area contributed by atoms with Crippen LogP contribution in [0.15, 0.2) is 36.5 Å². The fourth-order valence-corrected chi connectivity index (χ4v) is 6.31. The Morgan fingerprint density at radius 2 is 2.00 bits per heavy atom. The standard InChI is InChI=1S/C32H40N4O3S/c1-22-29(40-31(35-22)25-12-15-36(4)16-13-25)26-19-27(30(33)34-20-26)38-21-24-9-7-8-23(18-24)11-14-32(2,3)39-28-10-5-6-17-37-28/h7-9,18-20,25,28H,5-6,10,12-13,15-17,21H2,1-4H3,(H2,33,34). The Hall–Kier alpha value is -2.96. The molecular weight excluding hydrogens is 520 g/mol. The highest BCUT2D eigenvalue weighted by Gasteiger charge is 2.25. The van der Waals surface area contributed by atoms with Crippen molar-refractivity contribution >= 4 is 17.2 Å². The average molecular weight is 561 g/mol. The number of nitrogen functional groups attached to an aromatic ring is 1. The number of rotatable bonds is 7. The van der Waals surface area contributed by atoms with Gasteiger partial charge in [-0.1, -0.05) is 24.0 Å². The molecule has 8 heteroatoms. The Balaban J connectivity index is 1.24. The second-order valence-electron chi connectivity index (χ2n) is 11.3. The van der Waals surface area contributed by atoms with E-state index in [1.54, 1.807) is 11.3 Å². The van der Waals surface area contributed by atoms with Crippen LogP contribution in [0.2, 0.25) is 0 Å². The van der Waals surface area contributed by atoms with Crippen molar-refractivity contribution in [1.29, 1.82) is 0 Å². The van der Waals surface area contributed by atoms with Crippen molar-refractivity contribution in [2.75, 3.05) is 32.5 Å². The van der Waals surface area contributed by atoms with Crippen LogP contribution in [-0.4, -0.2) is 53.5 Å². The Labute approximate surface area is 242 Å². The lowest BCUT2D eigenvalue weighted by Crippen LogP contribution is -2.33. The number of pyridine rings is 1. The van der Waals surface area contributed by atoms with E-state index < -0.39 is 5.60 Å². The number of likely N-dealkylation sites (tertiary alicyclic amines) is 1. The maximum atomic E-state index is 6.21. The molecule has 40 heavy (non-hydrogen) atoms. The molecular formula is C32H40N4O3S. The van der Waals surface area contributed by atoms with Crippen LogP contribution in [0.4, 0.5) is 5.82 Å². The Kier molecular flexibility index (Phi) is 9.07. The molecule has 5 rings (SSSR count). The number of aromatic nitrogens is 2. The first kappa shape index (κ1) is 28.6. The molecule has 2 aliphatic heterocycles. The summed E-state index contributed by atoms with van der Waals surface area (Å²) in [5, 5.41) is 1.22. The molecule has 0 bridgehead atoms. The van der Waals surface area contributed by atoms with Crippen LogP contribution in [0.25, 0.3) is 10.4 Å². The highest BCUT2D eigenvalue weighted by Crippen LogP contribution is 2.38. The molecule has 3 aromatic rings. The Bertz CT molecular complexity index is 1360. The lowest BCUT2D eigenvalue weighted by Gasteiger charge is -2.29. The Morgan fingerprint density at radius 1 is 1.18 bits per heavy atom. The zero-order valence-electron chi connectivity index (χ0n) is 24.0. The van der Waals surface area contributed by atoms with Crippen LogP contribution in [-0.2, 0) is 16.1 Å². The van der Waals surface area contributed by atoms with E-state index in [1.165, 1.54) is 5.01 Å². The second-order valence-corrected chi connectivity index (χ2v) is 12.3. The third-order valence-corrected chi connectivity index (χ3v) is 8.79. The molecule has 2 saturated heterocycles. The first-order valence-electron chi connectivity index (χ1n) is 14.2. The fourth-order valence-electron chi connectivity index (χ4n) is 5.10. The van der Waals surface area contributed by atoms with Crippen molar-refractivity contribution in [3.05, 3.63) is 58.4 Å². The van der Waals surface area contributed by atoms with Crippen molar-refractivity contribution in [3.8, 4) is 28.0 Å². The summed E-state index contributed by atoms with van der Waals surface area (Å²) in [5.41, 5.74) is 9.54. The van der Waals surface area contributed by atoms with Gasteiger partial charge in [0.15, 0.2) is 17.9 Å². The number of benzene rings is 1. The number of nitrogens with zero attached hydrogens (tertiary/aromatic N) is 3. The van der Waals surface area contributed by atoms with Gasteiger partial charge in [-0.25, -0.2) is 9.97 Å². The lowest BCUT2D eigenvalue weighted by atomic mass is 9.98. The number of nitrogens with two attached hydrogens (primary N) is 1. The van der Waals surface area contributed by atoms with Crippen molar-refractivity contribution in [2.45, 2.75) is 77.3 Å². The molecule has 1 unspecified atom stereocenters. The molecule has 0 saturated carbocycles. The summed E-state index contributed by atoms with van der Waals surface area (Å²) >= 11 is 1.77. The summed E-state index contributed by atoms with van der Waals surface area (Å²) < 4.78 is 18.0. The molecule has 7 nitrogen and oxygen atoms in total. The first-order chi connectivity index (χ1) is 19.3. The molecule has 1 atom stereocenters.